The average Bonchev–Trinajstić information content (AvgIpc) is 2.54. The van der Waals surface area contributed by atoms with Gasteiger partial charge in [0.2, 0.25) is 0 Å². The molecule has 0 aliphatic carbocycles. The molecule has 0 radical (unpaired) electrons. The summed E-state index contributed by atoms with van der Waals surface area (Å²) < 4.78 is 11.2. The first-order chi connectivity index (χ1) is 11.5. The fourth-order valence-corrected chi connectivity index (χ4v) is 2.40. The van der Waals surface area contributed by atoms with Crippen LogP contribution in [0.15, 0.2) is 23.2 Å². The second kappa shape index (κ2) is 13.0. The summed E-state index contributed by atoms with van der Waals surface area (Å²) in [6.07, 6.45) is 0. The number of benzene rings is 1. The first-order valence-corrected chi connectivity index (χ1v) is 8.72. The van der Waals surface area contributed by atoms with Crippen molar-refractivity contribution in [3.63, 3.8) is 0 Å². The van der Waals surface area contributed by atoms with Crippen molar-refractivity contribution in [2.45, 2.75) is 40.7 Å². The third-order valence-corrected chi connectivity index (χ3v) is 3.63. The highest BCUT2D eigenvalue weighted by molar-refractivity contribution is 14.0. The summed E-state index contributed by atoms with van der Waals surface area (Å²) in [4.78, 5) is 6.76. The number of aliphatic imine (C=N–C) groups is 1. The Morgan fingerprint density at radius 2 is 1.88 bits per heavy atom. The number of guanidine groups is 1. The van der Waals surface area contributed by atoms with Gasteiger partial charge < -0.3 is 20.5 Å². The Hall–Kier alpha value is -1.22. The SMILES string of the molecule is CCOc1ccc(OCC)c(NC(N)=NCCN(CC)C(C)C)c1.I. The molecule has 0 heterocycles. The summed E-state index contributed by atoms with van der Waals surface area (Å²) in [7, 11) is 0. The maximum Gasteiger partial charge on any atom is 0.193 e. The lowest BCUT2D eigenvalue weighted by Gasteiger charge is -2.23. The molecular formula is C18H33IN4O2. The van der Waals surface area contributed by atoms with Crippen LogP contribution in [0.3, 0.4) is 0 Å². The molecular weight excluding hydrogens is 431 g/mol. The third kappa shape index (κ3) is 8.62. The van der Waals surface area contributed by atoms with Gasteiger partial charge in [0.05, 0.1) is 25.4 Å². The van der Waals surface area contributed by atoms with Crippen LogP contribution in [-0.4, -0.2) is 49.7 Å². The van der Waals surface area contributed by atoms with Gasteiger partial charge in [-0.3, -0.25) is 9.89 Å². The molecule has 3 N–H and O–H groups in total. The van der Waals surface area contributed by atoms with Crippen molar-refractivity contribution in [1.82, 2.24) is 4.90 Å². The van der Waals surface area contributed by atoms with Gasteiger partial charge in [0.25, 0.3) is 0 Å². The summed E-state index contributed by atoms with van der Waals surface area (Å²) in [5.41, 5.74) is 6.79. The Morgan fingerprint density at radius 3 is 2.44 bits per heavy atom. The Bertz CT molecular complexity index is 524. The van der Waals surface area contributed by atoms with Crippen molar-refractivity contribution >= 4 is 35.6 Å². The van der Waals surface area contributed by atoms with Gasteiger partial charge in [-0.15, -0.1) is 24.0 Å². The number of nitrogens with one attached hydrogen (secondary N) is 1. The summed E-state index contributed by atoms with van der Waals surface area (Å²) in [6, 6.07) is 6.14. The maximum absolute atomic E-state index is 6.02. The highest BCUT2D eigenvalue weighted by Gasteiger charge is 2.08. The van der Waals surface area contributed by atoms with E-state index in [4.69, 9.17) is 15.2 Å². The van der Waals surface area contributed by atoms with Crippen molar-refractivity contribution in [3.05, 3.63) is 18.2 Å². The van der Waals surface area contributed by atoms with Crippen LogP contribution in [0.25, 0.3) is 0 Å². The predicted molar refractivity (Wildman–Crippen MR) is 117 cm³/mol. The Labute approximate surface area is 169 Å². The topological polar surface area (TPSA) is 72.1 Å². The Kier molecular flexibility index (Phi) is 12.4. The molecule has 0 atom stereocenters. The van der Waals surface area contributed by atoms with Gasteiger partial charge in [-0.2, -0.15) is 0 Å². The van der Waals surface area contributed by atoms with E-state index in [1.54, 1.807) is 0 Å². The molecule has 7 heteroatoms. The van der Waals surface area contributed by atoms with E-state index >= 15 is 0 Å². The van der Waals surface area contributed by atoms with Crippen LogP contribution in [0.4, 0.5) is 5.69 Å². The van der Waals surface area contributed by atoms with Crippen molar-refractivity contribution in [1.29, 1.82) is 0 Å². The number of hydrogen-bond donors (Lipinski definition) is 2. The van der Waals surface area contributed by atoms with E-state index in [1.807, 2.05) is 32.0 Å². The molecule has 0 aliphatic heterocycles. The van der Waals surface area contributed by atoms with Crippen LogP contribution < -0.4 is 20.5 Å². The van der Waals surface area contributed by atoms with Gasteiger partial charge in [-0.25, -0.2) is 0 Å². The van der Waals surface area contributed by atoms with Gasteiger partial charge in [0.15, 0.2) is 5.96 Å². The lowest BCUT2D eigenvalue weighted by Crippen LogP contribution is -2.33. The van der Waals surface area contributed by atoms with Crippen molar-refractivity contribution < 1.29 is 9.47 Å². The molecule has 25 heavy (non-hydrogen) atoms. The van der Waals surface area contributed by atoms with E-state index < -0.39 is 0 Å². The van der Waals surface area contributed by atoms with Crippen LogP contribution in [0.5, 0.6) is 11.5 Å². The maximum atomic E-state index is 6.02. The monoisotopic (exact) mass is 464 g/mol. The molecule has 0 spiro atoms. The van der Waals surface area contributed by atoms with Gasteiger partial charge in [0.1, 0.15) is 11.5 Å². The first kappa shape index (κ1) is 23.8. The van der Waals surface area contributed by atoms with Gasteiger partial charge in [0, 0.05) is 18.7 Å². The summed E-state index contributed by atoms with van der Waals surface area (Å²) in [5.74, 6) is 1.88. The smallest absolute Gasteiger partial charge is 0.193 e. The number of rotatable bonds is 10. The number of anilines is 1. The summed E-state index contributed by atoms with van der Waals surface area (Å²) >= 11 is 0. The molecule has 0 fully saturated rings. The summed E-state index contributed by atoms with van der Waals surface area (Å²) in [6.45, 7) is 14.2. The lowest BCUT2D eigenvalue weighted by atomic mass is 10.2. The highest BCUT2D eigenvalue weighted by Crippen LogP contribution is 2.29. The molecule has 0 aromatic heterocycles. The van der Waals surface area contributed by atoms with Gasteiger partial charge in [-0.05, 0) is 46.4 Å². The second-order valence-electron chi connectivity index (χ2n) is 5.64. The van der Waals surface area contributed by atoms with E-state index in [2.05, 4.69) is 36.0 Å². The number of likely N-dealkylation sites (N-methyl/N-ethyl adjacent to an activating group) is 1. The number of nitrogens with zero attached hydrogens (tertiary/aromatic N) is 2. The zero-order chi connectivity index (χ0) is 17.9. The van der Waals surface area contributed by atoms with Crippen molar-refractivity contribution in [2.75, 3.05) is 38.2 Å². The normalized spacial score (nSPS) is 11.4. The molecule has 144 valence electrons. The Morgan fingerprint density at radius 1 is 1.20 bits per heavy atom. The van der Waals surface area contributed by atoms with E-state index in [-0.39, 0.29) is 24.0 Å². The minimum atomic E-state index is 0. The zero-order valence-electron chi connectivity index (χ0n) is 16.0. The van der Waals surface area contributed by atoms with Crippen LogP contribution in [-0.2, 0) is 0 Å². The van der Waals surface area contributed by atoms with E-state index in [1.165, 1.54) is 0 Å². The molecule has 1 aromatic carbocycles. The van der Waals surface area contributed by atoms with Gasteiger partial charge in [-0.1, -0.05) is 6.92 Å². The van der Waals surface area contributed by atoms with Crippen molar-refractivity contribution in [2.24, 2.45) is 10.7 Å². The van der Waals surface area contributed by atoms with Gasteiger partial charge >= 0.3 is 0 Å². The quantitative estimate of drug-likeness (QED) is 0.315. The molecule has 0 saturated heterocycles. The summed E-state index contributed by atoms with van der Waals surface area (Å²) in [5, 5.41) is 3.12. The number of nitrogens with two attached hydrogens (primary N) is 1. The minimum Gasteiger partial charge on any atom is -0.494 e. The number of halogens is 1. The molecule has 6 nitrogen and oxygen atoms in total. The van der Waals surface area contributed by atoms with E-state index in [0.717, 1.165) is 30.3 Å². The highest BCUT2D eigenvalue weighted by atomic mass is 127. The number of ether oxygens (including phenoxy) is 2. The molecule has 1 aromatic rings. The minimum absolute atomic E-state index is 0. The average molecular weight is 464 g/mol. The standard InChI is InChI=1S/C18H32N4O2.HI/c1-6-22(14(4)5)12-11-20-18(19)21-16-13-15(23-7-2)9-10-17(16)24-8-3;/h9-10,13-14H,6-8,11-12H2,1-5H3,(H3,19,20,21);1H. The fraction of sp³-hybridized carbons (Fsp3) is 0.611. The Balaban J connectivity index is 0.00000576. The van der Waals surface area contributed by atoms with E-state index in [9.17, 15) is 0 Å². The number of hydrogen-bond acceptors (Lipinski definition) is 4. The van der Waals surface area contributed by atoms with Crippen LogP contribution >= 0.6 is 24.0 Å². The first-order valence-electron chi connectivity index (χ1n) is 8.72. The third-order valence-electron chi connectivity index (χ3n) is 3.63. The molecule has 0 bridgehead atoms. The molecule has 0 saturated carbocycles. The van der Waals surface area contributed by atoms with Crippen LogP contribution in [0, 0.1) is 0 Å². The molecule has 0 amide bonds. The van der Waals surface area contributed by atoms with Crippen LogP contribution in [0.2, 0.25) is 0 Å². The van der Waals surface area contributed by atoms with E-state index in [0.29, 0.717) is 31.8 Å². The zero-order valence-corrected chi connectivity index (χ0v) is 18.4. The van der Waals surface area contributed by atoms with Crippen molar-refractivity contribution in [3.8, 4) is 11.5 Å². The second-order valence-corrected chi connectivity index (χ2v) is 5.64. The predicted octanol–water partition coefficient (Wildman–Crippen LogP) is 3.56. The fourth-order valence-electron chi connectivity index (χ4n) is 2.40. The molecule has 1 rings (SSSR count). The molecule has 0 aliphatic rings. The lowest BCUT2D eigenvalue weighted by molar-refractivity contribution is 0.241. The largest absolute Gasteiger partial charge is 0.494 e. The van der Waals surface area contributed by atoms with Crippen LogP contribution in [0.1, 0.15) is 34.6 Å². The molecule has 0 unspecified atom stereocenters.